The summed E-state index contributed by atoms with van der Waals surface area (Å²) in [5, 5.41) is 2.88. The molecule has 0 aliphatic rings. The molecule has 0 saturated carbocycles. The highest BCUT2D eigenvalue weighted by Crippen LogP contribution is 2.24. The van der Waals surface area contributed by atoms with Crippen molar-refractivity contribution in [1.29, 1.82) is 0 Å². The van der Waals surface area contributed by atoms with Crippen molar-refractivity contribution in [3.63, 3.8) is 0 Å². The summed E-state index contributed by atoms with van der Waals surface area (Å²) in [7, 11) is 0. The first-order chi connectivity index (χ1) is 11.2. The molecule has 122 valence electrons. The number of hydrogen-bond donors (Lipinski definition) is 1. The molecule has 4 heteroatoms. The van der Waals surface area contributed by atoms with Crippen molar-refractivity contribution in [2.45, 2.75) is 26.7 Å². The van der Waals surface area contributed by atoms with Gasteiger partial charge in [0.25, 0.3) is 5.91 Å². The van der Waals surface area contributed by atoms with Gasteiger partial charge in [0.15, 0.2) is 0 Å². The molecule has 0 fully saturated rings. The second kappa shape index (κ2) is 8.83. The van der Waals surface area contributed by atoms with Crippen LogP contribution >= 0.6 is 0 Å². The van der Waals surface area contributed by atoms with E-state index in [0.717, 1.165) is 18.6 Å². The maximum atomic E-state index is 12.3. The minimum absolute atomic E-state index is 0.169. The summed E-state index contributed by atoms with van der Waals surface area (Å²) in [5.41, 5.74) is 1.25. The minimum atomic E-state index is -0.169. The Morgan fingerprint density at radius 2 is 1.74 bits per heavy atom. The van der Waals surface area contributed by atoms with E-state index in [2.05, 4.69) is 12.2 Å². The number of ether oxygens (including phenoxy) is 2. The van der Waals surface area contributed by atoms with Crippen LogP contribution in [0.2, 0.25) is 0 Å². The number of rotatable bonds is 8. The fourth-order valence-corrected chi connectivity index (χ4v) is 2.08. The maximum absolute atomic E-state index is 12.3. The van der Waals surface area contributed by atoms with E-state index < -0.39 is 0 Å². The van der Waals surface area contributed by atoms with Crippen LogP contribution in [0.3, 0.4) is 0 Å². The molecule has 0 heterocycles. The number of hydrogen-bond acceptors (Lipinski definition) is 3. The molecule has 0 unspecified atom stereocenters. The molecule has 1 N–H and O–H groups in total. The summed E-state index contributed by atoms with van der Waals surface area (Å²) in [5.74, 6) is 1.28. The molecule has 1 amide bonds. The number of unbranched alkanes of at least 4 members (excludes halogenated alkanes) is 1. The Morgan fingerprint density at radius 3 is 2.43 bits per heavy atom. The first kappa shape index (κ1) is 16.9. The third-order valence-corrected chi connectivity index (χ3v) is 3.32. The van der Waals surface area contributed by atoms with Crippen LogP contribution in [0.1, 0.15) is 37.0 Å². The van der Waals surface area contributed by atoms with Crippen LogP contribution in [0, 0.1) is 0 Å². The van der Waals surface area contributed by atoms with Crippen molar-refractivity contribution in [2.75, 3.05) is 18.5 Å². The second-order valence-corrected chi connectivity index (χ2v) is 5.11. The number of para-hydroxylation sites is 2. The largest absolute Gasteiger partial charge is 0.494 e. The lowest BCUT2D eigenvalue weighted by Gasteiger charge is -2.11. The lowest BCUT2D eigenvalue weighted by Crippen LogP contribution is -2.12. The Balaban J connectivity index is 2.00. The Bertz CT molecular complexity index is 623. The Kier molecular flexibility index (Phi) is 6.48. The zero-order valence-electron chi connectivity index (χ0n) is 13.7. The maximum Gasteiger partial charge on any atom is 0.255 e. The lowest BCUT2D eigenvalue weighted by molar-refractivity contribution is 0.102. The molecule has 0 radical (unpaired) electrons. The second-order valence-electron chi connectivity index (χ2n) is 5.11. The fourth-order valence-electron chi connectivity index (χ4n) is 2.08. The highest BCUT2D eigenvalue weighted by molar-refractivity contribution is 6.05. The van der Waals surface area contributed by atoms with Crippen molar-refractivity contribution >= 4 is 11.6 Å². The average Bonchev–Trinajstić information content (AvgIpc) is 2.58. The van der Waals surface area contributed by atoms with Gasteiger partial charge in [0.1, 0.15) is 11.5 Å². The highest BCUT2D eigenvalue weighted by Gasteiger charge is 2.09. The predicted molar refractivity (Wildman–Crippen MR) is 92.4 cm³/mol. The van der Waals surface area contributed by atoms with Crippen LogP contribution in [0.4, 0.5) is 5.69 Å². The molecule has 0 aromatic heterocycles. The van der Waals surface area contributed by atoms with E-state index in [1.165, 1.54) is 0 Å². The van der Waals surface area contributed by atoms with Crippen molar-refractivity contribution < 1.29 is 14.3 Å². The number of anilines is 1. The number of carbonyl (C=O) groups excluding carboxylic acids is 1. The molecule has 0 spiro atoms. The standard InChI is InChI=1S/C19H23NO3/c1-3-5-14-23-16-12-10-15(11-13-16)19(21)20-17-8-6-7-9-18(17)22-4-2/h6-13H,3-5,14H2,1-2H3,(H,20,21). The summed E-state index contributed by atoms with van der Waals surface area (Å²) in [6.45, 7) is 5.28. The minimum Gasteiger partial charge on any atom is -0.494 e. The van der Waals surface area contributed by atoms with E-state index in [-0.39, 0.29) is 5.91 Å². The first-order valence-corrected chi connectivity index (χ1v) is 8.00. The van der Waals surface area contributed by atoms with Crippen molar-refractivity contribution in [2.24, 2.45) is 0 Å². The van der Waals surface area contributed by atoms with Crippen molar-refractivity contribution in [1.82, 2.24) is 0 Å². The normalized spacial score (nSPS) is 10.2. The van der Waals surface area contributed by atoms with E-state index >= 15 is 0 Å². The molecule has 23 heavy (non-hydrogen) atoms. The predicted octanol–water partition coefficient (Wildman–Crippen LogP) is 4.52. The molecule has 2 aromatic carbocycles. The van der Waals surface area contributed by atoms with Crippen molar-refractivity contribution in [3.05, 3.63) is 54.1 Å². The third kappa shape index (κ3) is 5.02. The average molecular weight is 313 g/mol. The Labute approximate surface area is 137 Å². The van der Waals surface area contributed by atoms with Crippen LogP contribution in [-0.4, -0.2) is 19.1 Å². The molecule has 2 rings (SSSR count). The SMILES string of the molecule is CCCCOc1ccc(C(=O)Nc2ccccc2OCC)cc1. The zero-order valence-corrected chi connectivity index (χ0v) is 13.7. The van der Waals surface area contributed by atoms with Gasteiger partial charge in [-0.1, -0.05) is 25.5 Å². The number of nitrogens with one attached hydrogen (secondary N) is 1. The van der Waals surface area contributed by atoms with E-state index in [1.54, 1.807) is 12.1 Å². The number of amides is 1. The highest BCUT2D eigenvalue weighted by atomic mass is 16.5. The molecular weight excluding hydrogens is 290 g/mol. The molecule has 0 aliphatic carbocycles. The van der Waals surface area contributed by atoms with Crippen LogP contribution in [-0.2, 0) is 0 Å². The molecule has 0 bridgehead atoms. The molecule has 0 saturated heterocycles. The Hall–Kier alpha value is -2.49. The van der Waals surface area contributed by atoms with Gasteiger partial charge in [-0.3, -0.25) is 4.79 Å². The van der Waals surface area contributed by atoms with Gasteiger partial charge in [0.05, 0.1) is 18.9 Å². The number of carbonyl (C=O) groups is 1. The van der Waals surface area contributed by atoms with Crippen LogP contribution in [0.15, 0.2) is 48.5 Å². The third-order valence-electron chi connectivity index (χ3n) is 3.32. The molecule has 4 nitrogen and oxygen atoms in total. The molecule has 2 aromatic rings. The summed E-state index contributed by atoms with van der Waals surface area (Å²) in [6.07, 6.45) is 2.12. The zero-order chi connectivity index (χ0) is 16.5. The molecule has 0 aliphatic heterocycles. The summed E-state index contributed by atoms with van der Waals surface area (Å²) >= 11 is 0. The van der Waals surface area contributed by atoms with Gasteiger partial charge in [0, 0.05) is 5.56 Å². The smallest absolute Gasteiger partial charge is 0.255 e. The monoisotopic (exact) mass is 313 g/mol. The van der Waals surface area contributed by atoms with Gasteiger partial charge in [-0.15, -0.1) is 0 Å². The van der Waals surface area contributed by atoms with Gasteiger partial charge < -0.3 is 14.8 Å². The van der Waals surface area contributed by atoms with E-state index in [4.69, 9.17) is 9.47 Å². The van der Waals surface area contributed by atoms with E-state index in [0.29, 0.717) is 30.2 Å². The quantitative estimate of drug-likeness (QED) is 0.729. The Morgan fingerprint density at radius 1 is 1.00 bits per heavy atom. The molecular formula is C19H23NO3. The van der Waals surface area contributed by atoms with Gasteiger partial charge in [-0.05, 0) is 49.7 Å². The number of benzene rings is 2. The van der Waals surface area contributed by atoms with Crippen LogP contribution in [0.5, 0.6) is 11.5 Å². The van der Waals surface area contributed by atoms with Crippen molar-refractivity contribution in [3.8, 4) is 11.5 Å². The van der Waals surface area contributed by atoms with E-state index in [9.17, 15) is 4.79 Å². The van der Waals surface area contributed by atoms with E-state index in [1.807, 2.05) is 43.3 Å². The van der Waals surface area contributed by atoms with Crippen LogP contribution < -0.4 is 14.8 Å². The summed E-state index contributed by atoms with van der Waals surface area (Å²) in [6, 6.07) is 14.6. The summed E-state index contributed by atoms with van der Waals surface area (Å²) in [4.78, 5) is 12.3. The molecule has 0 atom stereocenters. The van der Waals surface area contributed by atoms with Gasteiger partial charge in [-0.25, -0.2) is 0 Å². The van der Waals surface area contributed by atoms with Crippen LogP contribution in [0.25, 0.3) is 0 Å². The fraction of sp³-hybridized carbons (Fsp3) is 0.316. The summed E-state index contributed by atoms with van der Waals surface area (Å²) < 4.78 is 11.1. The topological polar surface area (TPSA) is 47.6 Å². The van der Waals surface area contributed by atoms with Gasteiger partial charge in [0.2, 0.25) is 0 Å². The lowest BCUT2D eigenvalue weighted by atomic mass is 10.2. The van der Waals surface area contributed by atoms with Gasteiger partial charge in [-0.2, -0.15) is 0 Å². The first-order valence-electron chi connectivity index (χ1n) is 8.00. The van der Waals surface area contributed by atoms with Gasteiger partial charge >= 0.3 is 0 Å².